The minimum absolute atomic E-state index is 0.363. The van der Waals surface area contributed by atoms with Crippen LogP contribution in [0.4, 0.5) is 0 Å². The van der Waals surface area contributed by atoms with Crippen molar-refractivity contribution >= 4 is 0 Å². The topological polar surface area (TPSA) is 36.4 Å². The predicted octanol–water partition coefficient (Wildman–Crippen LogP) is 2.46. The van der Waals surface area contributed by atoms with Crippen molar-refractivity contribution in [2.24, 2.45) is 0 Å². The van der Waals surface area contributed by atoms with E-state index in [9.17, 15) is 5.11 Å². The number of aromatic hydroxyl groups is 1. The summed E-state index contributed by atoms with van der Waals surface area (Å²) in [6.45, 7) is 1.67. The molecule has 1 aromatic heterocycles. The third kappa shape index (κ3) is 3.57. The lowest BCUT2D eigenvalue weighted by molar-refractivity contribution is 0.323. The number of pyridine rings is 1. The number of nitrogens with zero attached hydrogens (tertiary/aromatic N) is 2. The first kappa shape index (κ1) is 12.6. The van der Waals surface area contributed by atoms with Gasteiger partial charge < -0.3 is 10.0 Å². The first-order valence-corrected chi connectivity index (χ1v) is 6.11. The van der Waals surface area contributed by atoms with Crippen molar-refractivity contribution in [1.29, 1.82) is 0 Å². The zero-order valence-electron chi connectivity index (χ0n) is 10.6. The summed E-state index contributed by atoms with van der Waals surface area (Å²) in [4.78, 5) is 6.48. The van der Waals surface area contributed by atoms with E-state index in [0.717, 1.165) is 30.8 Å². The Balaban J connectivity index is 1.86. The van der Waals surface area contributed by atoms with E-state index in [4.69, 9.17) is 0 Å². The van der Waals surface area contributed by atoms with E-state index in [2.05, 4.69) is 16.9 Å². The van der Waals surface area contributed by atoms with Crippen LogP contribution >= 0.6 is 0 Å². The standard InChI is InChI=1S/C15H18N2O/c1-17(11-9-14-7-4-5-10-16-14)12-13-6-2-3-8-15(13)18/h2-8,10,18H,9,11-12H2,1H3. The number of phenolic OH excluding ortho intramolecular Hbond substituents is 1. The van der Waals surface area contributed by atoms with Crippen molar-refractivity contribution in [1.82, 2.24) is 9.88 Å². The second kappa shape index (κ2) is 6.17. The van der Waals surface area contributed by atoms with Crippen molar-refractivity contribution < 1.29 is 5.11 Å². The Labute approximate surface area is 108 Å². The van der Waals surface area contributed by atoms with Crippen LogP contribution in [0.25, 0.3) is 0 Å². The van der Waals surface area contributed by atoms with Crippen LogP contribution in [-0.4, -0.2) is 28.6 Å². The largest absolute Gasteiger partial charge is 0.508 e. The molecule has 1 N–H and O–H groups in total. The molecular formula is C15H18N2O. The van der Waals surface area contributed by atoms with Gasteiger partial charge in [0, 0.05) is 37.0 Å². The molecule has 0 bridgehead atoms. The number of hydrogen-bond donors (Lipinski definition) is 1. The van der Waals surface area contributed by atoms with Gasteiger partial charge in [-0.05, 0) is 25.2 Å². The summed E-state index contributed by atoms with van der Waals surface area (Å²) in [6.07, 6.45) is 2.74. The Kier molecular flexibility index (Phi) is 4.31. The summed E-state index contributed by atoms with van der Waals surface area (Å²) in [7, 11) is 2.05. The molecule has 0 aliphatic heterocycles. The van der Waals surface area contributed by atoms with Crippen LogP contribution in [0.1, 0.15) is 11.3 Å². The average Bonchev–Trinajstić information content (AvgIpc) is 2.40. The summed E-state index contributed by atoms with van der Waals surface area (Å²) in [5.41, 5.74) is 2.06. The number of aromatic nitrogens is 1. The van der Waals surface area contributed by atoms with Crippen LogP contribution in [0.2, 0.25) is 0 Å². The molecule has 2 rings (SSSR count). The molecule has 0 atom stereocenters. The van der Waals surface area contributed by atoms with Crippen molar-refractivity contribution in [3.63, 3.8) is 0 Å². The van der Waals surface area contributed by atoms with Crippen molar-refractivity contribution in [2.75, 3.05) is 13.6 Å². The SMILES string of the molecule is CN(CCc1ccccn1)Cc1ccccc1O. The second-order valence-electron chi connectivity index (χ2n) is 4.44. The lowest BCUT2D eigenvalue weighted by atomic mass is 10.2. The van der Waals surface area contributed by atoms with Gasteiger partial charge in [-0.25, -0.2) is 0 Å². The number of likely N-dealkylation sites (N-methyl/N-ethyl adjacent to an activating group) is 1. The van der Waals surface area contributed by atoms with Gasteiger partial charge in [-0.2, -0.15) is 0 Å². The van der Waals surface area contributed by atoms with E-state index in [1.165, 1.54) is 0 Å². The first-order chi connectivity index (χ1) is 8.75. The van der Waals surface area contributed by atoms with Crippen molar-refractivity contribution in [2.45, 2.75) is 13.0 Å². The van der Waals surface area contributed by atoms with Crippen molar-refractivity contribution in [3.05, 3.63) is 59.9 Å². The van der Waals surface area contributed by atoms with E-state index >= 15 is 0 Å². The number of phenols is 1. The molecule has 0 spiro atoms. The van der Waals surface area contributed by atoms with Gasteiger partial charge in [0.1, 0.15) is 5.75 Å². The molecule has 0 aliphatic carbocycles. The van der Waals surface area contributed by atoms with Crippen LogP contribution in [-0.2, 0) is 13.0 Å². The lowest BCUT2D eigenvalue weighted by Crippen LogP contribution is -2.21. The Hall–Kier alpha value is -1.87. The number of rotatable bonds is 5. The monoisotopic (exact) mass is 242 g/mol. The van der Waals surface area contributed by atoms with Crippen LogP contribution in [0.5, 0.6) is 5.75 Å². The van der Waals surface area contributed by atoms with Gasteiger partial charge in [0.25, 0.3) is 0 Å². The van der Waals surface area contributed by atoms with Gasteiger partial charge in [0.2, 0.25) is 0 Å². The molecule has 0 aliphatic rings. The van der Waals surface area contributed by atoms with Crippen LogP contribution < -0.4 is 0 Å². The number of para-hydroxylation sites is 1. The van der Waals surface area contributed by atoms with E-state index in [1.54, 1.807) is 6.07 Å². The van der Waals surface area contributed by atoms with Gasteiger partial charge in [-0.15, -0.1) is 0 Å². The molecule has 3 nitrogen and oxygen atoms in total. The molecule has 0 saturated carbocycles. The molecule has 2 aromatic rings. The molecule has 0 saturated heterocycles. The summed E-state index contributed by atoms with van der Waals surface area (Å²) < 4.78 is 0. The highest BCUT2D eigenvalue weighted by atomic mass is 16.3. The van der Waals surface area contributed by atoms with Crippen LogP contribution in [0.3, 0.4) is 0 Å². The Morgan fingerprint density at radius 3 is 2.61 bits per heavy atom. The quantitative estimate of drug-likeness (QED) is 0.875. The van der Waals surface area contributed by atoms with Gasteiger partial charge in [0.05, 0.1) is 0 Å². The molecule has 0 amide bonds. The number of hydrogen-bond acceptors (Lipinski definition) is 3. The van der Waals surface area contributed by atoms with Gasteiger partial charge in [-0.3, -0.25) is 4.98 Å². The molecule has 0 radical (unpaired) electrons. The smallest absolute Gasteiger partial charge is 0.120 e. The maximum absolute atomic E-state index is 9.71. The molecule has 3 heteroatoms. The van der Waals surface area contributed by atoms with Crippen molar-refractivity contribution in [3.8, 4) is 5.75 Å². The van der Waals surface area contributed by atoms with E-state index in [-0.39, 0.29) is 0 Å². The first-order valence-electron chi connectivity index (χ1n) is 6.11. The van der Waals surface area contributed by atoms with E-state index in [1.807, 2.05) is 42.6 Å². The Bertz CT molecular complexity index is 485. The fraction of sp³-hybridized carbons (Fsp3) is 0.267. The molecule has 0 fully saturated rings. The normalized spacial score (nSPS) is 10.8. The molecule has 1 aromatic carbocycles. The molecular weight excluding hydrogens is 224 g/mol. The maximum Gasteiger partial charge on any atom is 0.120 e. The average molecular weight is 242 g/mol. The van der Waals surface area contributed by atoms with E-state index < -0.39 is 0 Å². The molecule has 0 unspecified atom stereocenters. The second-order valence-corrected chi connectivity index (χ2v) is 4.44. The van der Waals surface area contributed by atoms with E-state index in [0.29, 0.717) is 5.75 Å². The van der Waals surface area contributed by atoms with Gasteiger partial charge >= 0.3 is 0 Å². The highest BCUT2D eigenvalue weighted by Gasteiger charge is 2.04. The minimum atomic E-state index is 0.363. The third-order valence-electron chi connectivity index (χ3n) is 2.91. The minimum Gasteiger partial charge on any atom is -0.508 e. The predicted molar refractivity (Wildman–Crippen MR) is 72.4 cm³/mol. The van der Waals surface area contributed by atoms with Crippen LogP contribution in [0.15, 0.2) is 48.7 Å². The highest BCUT2D eigenvalue weighted by molar-refractivity contribution is 5.31. The summed E-state index contributed by atoms with van der Waals surface area (Å²) in [6, 6.07) is 13.4. The molecule has 94 valence electrons. The fourth-order valence-corrected chi connectivity index (χ4v) is 1.87. The van der Waals surface area contributed by atoms with Crippen LogP contribution in [0, 0.1) is 0 Å². The fourth-order valence-electron chi connectivity index (χ4n) is 1.87. The summed E-state index contributed by atoms with van der Waals surface area (Å²) in [5.74, 6) is 0.363. The lowest BCUT2D eigenvalue weighted by Gasteiger charge is -2.17. The summed E-state index contributed by atoms with van der Waals surface area (Å²) in [5, 5.41) is 9.71. The molecule has 18 heavy (non-hydrogen) atoms. The number of benzene rings is 1. The zero-order chi connectivity index (χ0) is 12.8. The Morgan fingerprint density at radius 2 is 1.89 bits per heavy atom. The molecule has 1 heterocycles. The summed E-state index contributed by atoms with van der Waals surface area (Å²) >= 11 is 0. The third-order valence-corrected chi connectivity index (χ3v) is 2.91. The van der Waals surface area contributed by atoms with Gasteiger partial charge in [-0.1, -0.05) is 24.3 Å². The zero-order valence-corrected chi connectivity index (χ0v) is 10.6. The maximum atomic E-state index is 9.71. The highest BCUT2D eigenvalue weighted by Crippen LogP contribution is 2.17. The Morgan fingerprint density at radius 1 is 1.11 bits per heavy atom. The van der Waals surface area contributed by atoms with Gasteiger partial charge in [0.15, 0.2) is 0 Å².